The number of para-hydroxylation sites is 1. The van der Waals surface area contributed by atoms with E-state index in [4.69, 9.17) is 10.5 Å². The van der Waals surface area contributed by atoms with Crippen LogP contribution in [0.15, 0.2) is 24.3 Å². The molecule has 6 heteroatoms. The SMILES string of the molecule is COCCC(N)C(=O)Nc1ccccc1C(=O)N(C)C. The zero-order valence-electron chi connectivity index (χ0n) is 12.1. The average Bonchev–Trinajstić information content (AvgIpc) is 2.44. The summed E-state index contributed by atoms with van der Waals surface area (Å²) in [6.45, 7) is 0.410. The van der Waals surface area contributed by atoms with Crippen molar-refractivity contribution in [2.75, 3.05) is 33.1 Å². The molecule has 20 heavy (non-hydrogen) atoms. The van der Waals surface area contributed by atoms with E-state index >= 15 is 0 Å². The lowest BCUT2D eigenvalue weighted by Crippen LogP contribution is -2.37. The molecule has 110 valence electrons. The van der Waals surface area contributed by atoms with Gasteiger partial charge < -0.3 is 20.7 Å². The zero-order valence-corrected chi connectivity index (χ0v) is 12.1. The number of anilines is 1. The first-order valence-corrected chi connectivity index (χ1v) is 6.33. The molecule has 2 amide bonds. The number of ether oxygens (including phenoxy) is 1. The minimum atomic E-state index is -0.669. The highest BCUT2D eigenvalue weighted by atomic mass is 16.5. The van der Waals surface area contributed by atoms with Gasteiger partial charge in [-0.05, 0) is 18.6 Å². The van der Waals surface area contributed by atoms with E-state index in [1.165, 1.54) is 4.90 Å². The minimum absolute atomic E-state index is 0.175. The van der Waals surface area contributed by atoms with Crippen LogP contribution in [0.3, 0.4) is 0 Å². The number of benzene rings is 1. The Labute approximate surface area is 118 Å². The summed E-state index contributed by atoms with van der Waals surface area (Å²) in [6, 6.07) is 6.17. The molecule has 0 radical (unpaired) electrons. The molecule has 0 aromatic heterocycles. The molecule has 0 aliphatic carbocycles. The molecule has 0 saturated carbocycles. The summed E-state index contributed by atoms with van der Waals surface area (Å²) < 4.78 is 4.89. The standard InChI is InChI=1S/C14H21N3O3/c1-17(2)14(19)10-6-4-5-7-12(10)16-13(18)11(15)8-9-20-3/h4-7,11H,8-9,15H2,1-3H3,(H,16,18). The van der Waals surface area contributed by atoms with E-state index in [9.17, 15) is 9.59 Å². The van der Waals surface area contributed by atoms with Gasteiger partial charge in [-0.1, -0.05) is 12.1 Å². The first kappa shape index (κ1) is 16.1. The fourth-order valence-corrected chi connectivity index (χ4v) is 1.62. The maximum absolute atomic E-state index is 12.0. The molecule has 0 aliphatic rings. The van der Waals surface area contributed by atoms with Crippen molar-refractivity contribution >= 4 is 17.5 Å². The van der Waals surface area contributed by atoms with Gasteiger partial charge in [-0.2, -0.15) is 0 Å². The summed E-state index contributed by atoms with van der Waals surface area (Å²) in [6.07, 6.45) is 0.423. The number of carbonyl (C=O) groups is 2. The van der Waals surface area contributed by atoms with Crippen molar-refractivity contribution in [3.8, 4) is 0 Å². The molecule has 1 aromatic carbocycles. The number of nitrogens with two attached hydrogens (primary N) is 1. The van der Waals surface area contributed by atoms with Gasteiger partial charge in [0.25, 0.3) is 5.91 Å². The van der Waals surface area contributed by atoms with Crippen LogP contribution in [0.2, 0.25) is 0 Å². The fraction of sp³-hybridized carbons (Fsp3) is 0.429. The first-order chi connectivity index (χ1) is 9.47. The Morgan fingerprint density at radius 2 is 2.00 bits per heavy atom. The van der Waals surface area contributed by atoms with Gasteiger partial charge in [0, 0.05) is 27.8 Å². The van der Waals surface area contributed by atoms with Crippen LogP contribution in [0.1, 0.15) is 16.8 Å². The second-order valence-corrected chi connectivity index (χ2v) is 4.62. The van der Waals surface area contributed by atoms with Gasteiger partial charge >= 0.3 is 0 Å². The van der Waals surface area contributed by atoms with Crippen LogP contribution in [-0.2, 0) is 9.53 Å². The quantitative estimate of drug-likeness (QED) is 0.802. The van der Waals surface area contributed by atoms with E-state index in [0.717, 1.165) is 0 Å². The second kappa shape index (κ2) is 7.62. The van der Waals surface area contributed by atoms with Crippen molar-refractivity contribution in [3.63, 3.8) is 0 Å². The average molecular weight is 279 g/mol. The number of amides is 2. The number of carbonyl (C=O) groups excluding carboxylic acids is 2. The van der Waals surface area contributed by atoms with E-state index in [2.05, 4.69) is 5.32 Å². The third-order valence-electron chi connectivity index (χ3n) is 2.79. The molecule has 0 spiro atoms. The van der Waals surface area contributed by atoms with Gasteiger partial charge in [-0.3, -0.25) is 9.59 Å². The maximum Gasteiger partial charge on any atom is 0.255 e. The molecule has 1 atom stereocenters. The van der Waals surface area contributed by atoms with E-state index in [1.807, 2.05) is 0 Å². The van der Waals surface area contributed by atoms with Crippen LogP contribution in [0.5, 0.6) is 0 Å². The van der Waals surface area contributed by atoms with Gasteiger partial charge in [-0.25, -0.2) is 0 Å². The van der Waals surface area contributed by atoms with Crippen LogP contribution >= 0.6 is 0 Å². The summed E-state index contributed by atoms with van der Waals surface area (Å²) in [7, 11) is 4.87. The summed E-state index contributed by atoms with van der Waals surface area (Å²) in [5, 5.41) is 2.69. The molecule has 1 rings (SSSR count). The molecule has 0 heterocycles. The highest BCUT2D eigenvalue weighted by Gasteiger charge is 2.17. The van der Waals surface area contributed by atoms with Gasteiger partial charge in [-0.15, -0.1) is 0 Å². The summed E-state index contributed by atoms with van der Waals surface area (Å²) in [5.41, 5.74) is 6.65. The highest BCUT2D eigenvalue weighted by Crippen LogP contribution is 2.16. The molecule has 0 saturated heterocycles. The van der Waals surface area contributed by atoms with Gasteiger partial charge in [0.15, 0.2) is 0 Å². The predicted octanol–water partition coefficient (Wildman–Crippen LogP) is 0.691. The van der Waals surface area contributed by atoms with Crippen LogP contribution < -0.4 is 11.1 Å². The third kappa shape index (κ3) is 4.32. The van der Waals surface area contributed by atoms with E-state index in [-0.39, 0.29) is 11.8 Å². The highest BCUT2D eigenvalue weighted by molar-refractivity contribution is 6.04. The van der Waals surface area contributed by atoms with Crippen molar-refractivity contribution in [3.05, 3.63) is 29.8 Å². The van der Waals surface area contributed by atoms with Crippen LogP contribution in [-0.4, -0.2) is 50.6 Å². The monoisotopic (exact) mass is 279 g/mol. The third-order valence-corrected chi connectivity index (χ3v) is 2.79. The van der Waals surface area contributed by atoms with Crippen molar-refractivity contribution < 1.29 is 14.3 Å². The van der Waals surface area contributed by atoms with Crippen molar-refractivity contribution in [2.45, 2.75) is 12.5 Å². The normalized spacial score (nSPS) is 11.8. The maximum atomic E-state index is 12.0. The summed E-state index contributed by atoms with van der Waals surface area (Å²) in [4.78, 5) is 25.4. The Kier molecular flexibility index (Phi) is 6.14. The Balaban J connectivity index is 2.82. The van der Waals surface area contributed by atoms with Gasteiger partial charge in [0.2, 0.25) is 5.91 Å². The van der Waals surface area contributed by atoms with Crippen LogP contribution in [0.4, 0.5) is 5.69 Å². The number of nitrogens with one attached hydrogen (secondary N) is 1. The second-order valence-electron chi connectivity index (χ2n) is 4.62. The number of methoxy groups -OCH3 is 1. The largest absolute Gasteiger partial charge is 0.385 e. The smallest absolute Gasteiger partial charge is 0.255 e. The lowest BCUT2D eigenvalue weighted by molar-refractivity contribution is -0.117. The molecule has 1 aromatic rings. The fourth-order valence-electron chi connectivity index (χ4n) is 1.62. The Morgan fingerprint density at radius 3 is 2.60 bits per heavy atom. The number of rotatable bonds is 6. The van der Waals surface area contributed by atoms with Gasteiger partial charge in [0.1, 0.15) is 0 Å². The Bertz CT molecular complexity index is 474. The molecule has 0 aliphatic heterocycles. The van der Waals surface area contributed by atoms with Crippen molar-refractivity contribution in [2.24, 2.45) is 5.73 Å². The number of hydrogen-bond acceptors (Lipinski definition) is 4. The topological polar surface area (TPSA) is 84.7 Å². The molecular weight excluding hydrogens is 258 g/mol. The van der Waals surface area contributed by atoms with Gasteiger partial charge in [0.05, 0.1) is 17.3 Å². The zero-order chi connectivity index (χ0) is 15.1. The lowest BCUT2D eigenvalue weighted by atomic mass is 10.1. The molecule has 1 unspecified atom stereocenters. The van der Waals surface area contributed by atoms with E-state index < -0.39 is 6.04 Å². The van der Waals surface area contributed by atoms with E-state index in [0.29, 0.717) is 24.3 Å². The molecule has 0 fully saturated rings. The van der Waals surface area contributed by atoms with Crippen molar-refractivity contribution in [1.29, 1.82) is 0 Å². The molecular formula is C14H21N3O3. The van der Waals surface area contributed by atoms with E-state index in [1.54, 1.807) is 45.5 Å². The molecule has 6 nitrogen and oxygen atoms in total. The minimum Gasteiger partial charge on any atom is -0.385 e. The lowest BCUT2D eigenvalue weighted by Gasteiger charge is -2.16. The van der Waals surface area contributed by atoms with Crippen molar-refractivity contribution in [1.82, 2.24) is 4.90 Å². The number of hydrogen-bond donors (Lipinski definition) is 2. The summed E-state index contributed by atoms with van der Waals surface area (Å²) >= 11 is 0. The summed E-state index contributed by atoms with van der Waals surface area (Å²) in [5.74, 6) is -0.507. The molecule has 0 bridgehead atoms. The van der Waals surface area contributed by atoms with Crippen LogP contribution in [0, 0.1) is 0 Å². The number of nitrogens with zero attached hydrogens (tertiary/aromatic N) is 1. The Morgan fingerprint density at radius 1 is 1.35 bits per heavy atom. The Hall–Kier alpha value is -1.92. The predicted molar refractivity (Wildman–Crippen MR) is 77.6 cm³/mol. The first-order valence-electron chi connectivity index (χ1n) is 6.33. The molecule has 3 N–H and O–H groups in total. The van der Waals surface area contributed by atoms with Crippen LogP contribution in [0.25, 0.3) is 0 Å².